The second-order valence-electron chi connectivity index (χ2n) is 6.78. The zero-order chi connectivity index (χ0) is 19.5. The molecule has 0 saturated heterocycles. The van der Waals surface area contributed by atoms with Gasteiger partial charge in [0.25, 0.3) is 0 Å². The number of methoxy groups -OCH3 is 1. The van der Waals surface area contributed by atoms with Gasteiger partial charge in [-0.15, -0.1) is 11.3 Å². The van der Waals surface area contributed by atoms with E-state index in [9.17, 15) is 4.79 Å². The van der Waals surface area contributed by atoms with Crippen LogP contribution in [0, 0.1) is 0 Å². The molecule has 0 radical (unpaired) electrons. The predicted octanol–water partition coefficient (Wildman–Crippen LogP) is 4.58. The second kappa shape index (κ2) is 8.02. The number of amides is 1. The molecule has 1 aromatic heterocycles. The summed E-state index contributed by atoms with van der Waals surface area (Å²) in [6.07, 6.45) is 0.928. The van der Waals surface area contributed by atoms with Gasteiger partial charge in [0.1, 0.15) is 10.8 Å². The van der Waals surface area contributed by atoms with Crippen LogP contribution in [0.5, 0.6) is 5.75 Å². The molecule has 1 aliphatic rings. The average molecular weight is 394 g/mol. The summed E-state index contributed by atoms with van der Waals surface area (Å²) in [6.45, 7) is 3.98. The van der Waals surface area contributed by atoms with Gasteiger partial charge in [-0.3, -0.25) is 4.79 Å². The molecule has 2 aromatic carbocycles. The van der Waals surface area contributed by atoms with E-state index in [-0.39, 0.29) is 5.91 Å². The van der Waals surface area contributed by atoms with E-state index in [1.165, 1.54) is 0 Å². The van der Waals surface area contributed by atoms with Crippen molar-refractivity contribution in [2.24, 2.45) is 0 Å². The summed E-state index contributed by atoms with van der Waals surface area (Å²) in [7, 11) is 1.68. The zero-order valence-corrected chi connectivity index (χ0v) is 16.9. The van der Waals surface area contributed by atoms with E-state index < -0.39 is 0 Å². The van der Waals surface area contributed by atoms with Gasteiger partial charge in [-0.05, 0) is 30.7 Å². The smallest absolute Gasteiger partial charge is 0.223 e. The number of carbonyl (C=O) groups is 1. The normalized spacial score (nSPS) is 13.8. The van der Waals surface area contributed by atoms with Gasteiger partial charge in [0.05, 0.1) is 36.3 Å². The first-order valence-electron chi connectivity index (χ1n) is 9.37. The minimum atomic E-state index is 0.0846. The molecule has 2 heterocycles. The van der Waals surface area contributed by atoms with Crippen LogP contribution >= 0.6 is 11.3 Å². The molecular formula is C22H23N3O2S. The zero-order valence-electron chi connectivity index (χ0n) is 16.1. The Bertz CT molecular complexity index is 985. The topological polar surface area (TPSA) is 45.7 Å². The summed E-state index contributed by atoms with van der Waals surface area (Å²) in [5, 5.41) is 3.07. The number of hydrogen-bond acceptors (Lipinski definition) is 5. The summed E-state index contributed by atoms with van der Waals surface area (Å²) in [6, 6.07) is 16.1. The number of rotatable bonds is 4. The van der Waals surface area contributed by atoms with Gasteiger partial charge >= 0.3 is 0 Å². The van der Waals surface area contributed by atoms with E-state index in [0.717, 1.165) is 52.9 Å². The first-order chi connectivity index (χ1) is 13.7. The number of ether oxygens (including phenoxy) is 1. The molecule has 1 aliphatic heterocycles. The minimum absolute atomic E-state index is 0.0846. The van der Waals surface area contributed by atoms with Crippen molar-refractivity contribution in [3.05, 3.63) is 59.6 Å². The third-order valence-electron chi connectivity index (χ3n) is 4.95. The third-order valence-corrected chi connectivity index (χ3v) is 5.87. The lowest BCUT2D eigenvalue weighted by molar-refractivity contribution is -0.116. The van der Waals surface area contributed by atoms with Gasteiger partial charge in [-0.25, -0.2) is 4.98 Å². The molecule has 28 heavy (non-hydrogen) atoms. The van der Waals surface area contributed by atoms with Gasteiger partial charge < -0.3 is 14.5 Å². The van der Waals surface area contributed by atoms with Crippen LogP contribution in [0.3, 0.4) is 0 Å². The molecule has 0 bridgehead atoms. The Kier molecular flexibility index (Phi) is 5.30. The first-order valence-corrected chi connectivity index (χ1v) is 10.2. The Labute approximate surface area is 169 Å². The Morgan fingerprint density at radius 1 is 1.11 bits per heavy atom. The number of thiazole rings is 1. The number of fused-ring (bicyclic) bond motifs is 1. The molecule has 3 aromatic rings. The van der Waals surface area contributed by atoms with E-state index in [0.29, 0.717) is 6.54 Å². The van der Waals surface area contributed by atoms with Crippen molar-refractivity contribution in [1.82, 2.24) is 4.98 Å². The summed E-state index contributed by atoms with van der Waals surface area (Å²) in [5.41, 5.74) is 4.10. The van der Waals surface area contributed by atoms with Crippen molar-refractivity contribution < 1.29 is 9.53 Å². The van der Waals surface area contributed by atoms with Crippen LogP contribution in [0.1, 0.15) is 19.0 Å². The van der Waals surface area contributed by atoms with Crippen molar-refractivity contribution in [2.45, 2.75) is 19.9 Å². The maximum absolute atomic E-state index is 12.1. The highest BCUT2D eigenvalue weighted by molar-refractivity contribution is 7.13. The molecule has 0 fully saturated rings. The minimum Gasteiger partial charge on any atom is -0.496 e. The highest BCUT2D eigenvalue weighted by atomic mass is 32.1. The number of para-hydroxylation sites is 3. The standard InChI is InChI=1S/C22H23N3O2S/c1-16(26)25-13-7-12-24(19-9-4-5-10-20(19)25)14-17-15-28-22(23-17)18-8-3-6-11-21(18)27-2/h3-6,8-11,15H,7,12-14H2,1-2H3. The fourth-order valence-electron chi connectivity index (χ4n) is 3.63. The number of aromatic nitrogens is 1. The maximum Gasteiger partial charge on any atom is 0.223 e. The molecule has 0 unspecified atom stereocenters. The SMILES string of the molecule is COc1ccccc1-c1nc(CN2CCCN(C(C)=O)c3ccccc32)cs1. The molecule has 1 amide bonds. The van der Waals surface area contributed by atoms with Crippen LogP contribution in [0.25, 0.3) is 10.6 Å². The summed E-state index contributed by atoms with van der Waals surface area (Å²) >= 11 is 1.63. The van der Waals surface area contributed by atoms with Crippen LogP contribution < -0.4 is 14.5 Å². The van der Waals surface area contributed by atoms with Crippen LogP contribution in [-0.4, -0.2) is 31.1 Å². The molecule has 144 valence electrons. The van der Waals surface area contributed by atoms with Gasteiger partial charge in [0.15, 0.2) is 0 Å². The molecule has 6 heteroatoms. The van der Waals surface area contributed by atoms with Crippen molar-refractivity contribution in [3.63, 3.8) is 0 Å². The highest BCUT2D eigenvalue weighted by Crippen LogP contribution is 2.35. The number of hydrogen-bond donors (Lipinski definition) is 0. The van der Waals surface area contributed by atoms with Crippen LogP contribution in [0.4, 0.5) is 11.4 Å². The molecule has 5 nitrogen and oxygen atoms in total. The number of anilines is 2. The van der Waals surface area contributed by atoms with Crippen molar-refractivity contribution in [1.29, 1.82) is 0 Å². The van der Waals surface area contributed by atoms with Gasteiger partial charge in [-0.2, -0.15) is 0 Å². The molecular weight excluding hydrogens is 370 g/mol. The maximum atomic E-state index is 12.1. The Hall–Kier alpha value is -2.86. The largest absolute Gasteiger partial charge is 0.496 e. The molecule has 0 saturated carbocycles. The van der Waals surface area contributed by atoms with Crippen LogP contribution in [0.2, 0.25) is 0 Å². The monoisotopic (exact) mass is 393 g/mol. The van der Waals surface area contributed by atoms with E-state index in [2.05, 4.69) is 16.3 Å². The van der Waals surface area contributed by atoms with Crippen molar-refractivity contribution in [2.75, 3.05) is 30.0 Å². The predicted molar refractivity (Wildman–Crippen MR) is 114 cm³/mol. The van der Waals surface area contributed by atoms with E-state index in [4.69, 9.17) is 9.72 Å². The molecule has 0 N–H and O–H groups in total. The quantitative estimate of drug-likeness (QED) is 0.651. The third kappa shape index (κ3) is 3.60. The summed E-state index contributed by atoms with van der Waals surface area (Å²) in [4.78, 5) is 21.1. The van der Waals surface area contributed by atoms with Crippen molar-refractivity contribution >= 4 is 28.6 Å². The fraction of sp³-hybridized carbons (Fsp3) is 0.273. The fourth-order valence-corrected chi connectivity index (χ4v) is 4.47. The lowest BCUT2D eigenvalue weighted by atomic mass is 10.2. The Balaban J connectivity index is 1.62. The summed E-state index contributed by atoms with van der Waals surface area (Å²) < 4.78 is 5.47. The van der Waals surface area contributed by atoms with E-state index >= 15 is 0 Å². The van der Waals surface area contributed by atoms with Crippen molar-refractivity contribution in [3.8, 4) is 16.3 Å². The summed E-state index contributed by atoms with van der Waals surface area (Å²) in [5.74, 6) is 0.919. The first kappa shape index (κ1) is 18.5. The average Bonchev–Trinajstić information content (AvgIpc) is 3.10. The van der Waals surface area contributed by atoms with Gasteiger partial charge in [0, 0.05) is 25.4 Å². The number of benzene rings is 2. The highest BCUT2D eigenvalue weighted by Gasteiger charge is 2.23. The van der Waals surface area contributed by atoms with Gasteiger partial charge in [0.2, 0.25) is 5.91 Å². The Morgan fingerprint density at radius 3 is 2.64 bits per heavy atom. The van der Waals surface area contributed by atoms with Crippen LogP contribution in [0.15, 0.2) is 53.9 Å². The molecule has 4 rings (SSSR count). The lowest BCUT2D eigenvalue weighted by Gasteiger charge is -2.25. The van der Waals surface area contributed by atoms with Gasteiger partial charge in [-0.1, -0.05) is 24.3 Å². The second-order valence-corrected chi connectivity index (χ2v) is 7.64. The number of carbonyl (C=O) groups excluding carboxylic acids is 1. The van der Waals surface area contributed by atoms with E-state index in [1.54, 1.807) is 25.4 Å². The van der Waals surface area contributed by atoms with E-state index in [1.807, 2.05) is 47.4 Å². The molecule has 0 atom stereocenters. The molecule has 0 spiro atoms. The number of nitrogens with zero attached hydrogens (tertiary/aromatic N) is 3. The lowest BCUT2D eigenvalue weighted by Crippen LogP contribution is -2.28. The Morgan fingerprint density at radius 2 is 1.86 bits per heavy atom. The van der Waals surface area contributed by atoms with Crippen LogP contribution in [-0.2, 0) is 11.3 Å². The molecule has 0 aliphatic carbocycles.